The van der Waals surface area contributed by atoms with Gasteiger partial charge in [0.25, 0.3) is 0 Å². The number of nitrogens with zero attached hydrogens (tertiary/aromatic N) is 1. The summed E-state index contributed by atoms with van der Waals surface area (Å²) in [7, 11) is 0. The third-order valence-corrected chi connectivity index (χ3v) is 4.03. The number of rotatable bonds is 2. The average Bonchev–Trinajstić information content (AvgIpc) is 2.97. The molecule has 1 aromatic carbocycles. The third-order valence-electron chi connectivity index (χ3n) is 3.39. The predicted molar refractivity (Wildman–Crippen MR) is 73.3 cm³/mol. The molecule has 3 nitrogen and oxygen atoms in total. The first-order chi connectivity index (χ1) is 8.63. The summed E-state index contributed by atoms with van der Waals surface area (Å²) in [5.74, 6) is 1.09. The number of guanidine groups is 1. The highest BCUT2D eigenvalue weighted by atomic mass is 79.9. The molecule has 0 aromatic heterocycles. The van der Waals surface area contributed by atoms with Crippen LogP contribution in [-0.2, 0) is 0 Å². The molecule has 2 aliphatic rings. The Bertz CT molecular complexity index is 503. The summed E-state index contributed by atoms with van der Waals surface area (Å²) in [4.78, 5) is 4.37. The Morgan fingerprint density at radius 3 is 3.00 bits per heavy atom. The van der Waals surface area contributed by atoms with Gasteiger partial charge in [0.2, 0.25) is 0 Å². The Hall–Kier alpha value is -1.10. The Morgan fingerprint density at radius 1 is 1.50 bits per heavy atom. The van der Waals surface area contributed by atoms with E-state index in [1.54, 1.807) is 12.1 Å². The lowest BCUT2D eigenvalue weighted by Crippen LogP contribution is -2.39. The van der Waals surface area contributed by atoms with Gasteiger partial charge in [-0.05, 0) is 47.0 Å². The molecule has 0 spiro atoms. The lowest BCUT2D eigenvalue weighted by molar-refractivity contribution is 0.618. The van der Waals surface area contributed by atoms with Crippen molar-refractivity contribution < 1.29 is 4.39 Å². The van der Waals surface area contributed by atoms with E-state index >= 15 is 0 Å². The zero-order valence-electron chi connectivity index (χ0n) is 10.1. The van der Waals surface area contributed by atoms with Crippen molar-refractivity contribution in [2.75, 3.05) is 6.54 Å². The molecule has 1 heterocycles. The Kier molecular flexibility index (Phi) is 3.01. The number of halogens is 2. The van der Waals surface area contributed by atoms with E-state index in [2.05, 4.69) is 38.5 Å². The van der Waals surface area contributed by atoms with Crippen molar-refractivity contribution in [3.63, 3.8) is 0 Å². The van der Waals surface area contributed by atoms with Gasteiger partial charge in [0.15, 0.2) is 5.96 Å². The maximum Gasteiger partial charge on any atom is 0.191 e. The van der Waals surface area contributed by atoms with Crippen LogP contribution in [-0.4, -0.2) is 24.6 Å². The smallest absolute Gasteiger partial charge is 0.191 e. The summed E-state index contributed by atoms with van der Waals surface area (Å²) in [6.45, 7) is 2.93. The zero-order valence-corrected chi connectivity index (χ0v) is 11.7. The van der Waals surface area contributed by atoms with Crippen LogP contribution in [0.1, 0.15) is 24.8 Å². The molecule has 0 bridgehead atoms. The molecule has 1 aliphatic carbocycles. The fourth-order valence-electron chi connectivity index (χ4n) is 2.28. The minimum absolute atomic E-state index is 0.192. The maximum absolute atomic E-state index is 13.4. The first-order valence-corrected chi connectivity index (χ1v) is 6.95. The largest absolute Gasteiger partial charge is 0.353 e. The van der Waals surface area contributed by atoms with Crippen LogP contribution >= 0.6 is 15.9 Å². The van der Waals surface area contributed by atoms with Crippen molar-refractivity contribution in [1.29, 1.82) is 0 Å². The van der Waals surface area contributed by atoms with Gasteiger partial charge >= 0.3 is 0 Å². The lowest BCUT2D eigenvalue weighted by atomic mass is 10.1. The summed E-state index contributed by atoms with van der Waals surface area (Å²) in [5.41, 5.74) is 1.06. The normalized spacial score (nSPS) is 29.7. The topological polar surface area (TPSA) is 36.4 Å². The average molecular weight is 312 g/mol. The highest BCUT2D eigenvalue weighted by molar-refractivity contribution is 9.10. The van der Waals surface area contributed by atoms with E-state index in [0.29, 0.717) is 22.5 Å². The fourth-order valence-corrected chi connectivity index (χ4v) is 2.53. The molecular formula is C13H15BrFN3. The lowest BCUT2D eigenvalue weighted by Gasteiger charge is -2.08. The second-order valence-corrected chi connectivity index (χ2v) is 5.86. The summed E-state index contributed by atoms with van der Waals surface area (Å²) in [6, 6.07) is 6.15. The molecule has 2 N–H and O–H groups in total. The summed E-state index contributed by atoms with van der Waals surface area (Å²) in [6.07, 6.45) is 1.04. The van der Waals surface area contributed by atoms with E-state index in [-0.39, 0.29) is 5.82 Å². The van der Waals surface area contributed by atoms with E-state index < -0.39 is 0 Å². The number of hydrogen-bond acceptors (Lipinski definition) is 3. The molecule has 1 fully saturated rings. The minimum atomic E-state index is -0.192. The minimum Gasteiger partial charge on any atom is -0.353 e. The number of aliphatic imine (C=N–C) groups is 1. The van der Waals surface area contributed by atoms with Gasteiger partial charge in [0, 0.05) is 18.0 Å². The Morgan fingerprint density at radius 2 is 2.33 bits per heavy atom. The van der Waals surface area contributed by atoms with E-state index in [4.69, 9.17) is 0 Å². The van der Waals surface area contributed by atoms with Crippen LogP contribution in [0.15, 0.2) is 27.7 Å². The number of hydrogen-bond donors (Lipinski definition) is 2. The van der Waals surface area contributed by atoms with Crippen LogP contribution in [0.2, 0.25) is 0 Å². The molecule has 3 rings (SSSR count). The quantitative estimate of drug-likeness (QED) is 0.880. The van der Waals surface area contributed by atoms with Gasteiger partial charge in [-0.15, -0.1) is 0 Å². The highest BCUT2D eigenvalue weighted by Crippen LogP contribution is 2.41. The molecule has 5 heteroatoms. The number of nitrogens with one attached hydrogen (secondary N) is 2. The maximum atomic E-state index is 13.4. The molecular weight excluding hydrogens is 297 g/mol. The van der Waals surface area contributed by atoms with E-state index in [9.17, 15) is 4.39 Å². The molecule has 1 saturated carbocycles. The molecule has 1 unspecified atom stereocenters. The van der Waals surface area contributed by atoms with Crippen LogP contribution < -0.4 is 10.6 Å². The van der Waals surface area contributed by atoms with Gasteiger partial charge in [0.1, 0.15) is 5.82 Å². The van der Waals surface area contributed by atoms with Crippen molar-refractivity contribution in [1.82, 2.24) is 10.6 Å². The van der Waals surface area contributed by atoms with E-state index in [0.717, 1.165) is 24.5 Å². The number of benzene rings is 1. The van der Waals surface area contributed by atoms with Crippen molar-refractivity contribution in [2.24, 2.45) is 4.99 Å². The molecule has 0 amide bonds. The van der Waals surface area contributed by atoms with Gasteiger partial charge < -0.3 is 10.6 Å². The molecule has 0 radical (unpaired) electrons. The van der Waals surface area contributed by atoms with Gasteiger partial charge in [-0.1, -0.05) is 6.07 Å². The van der Waals surface area contributed by atoms with Gasteiger partial charge in [-0.2, -0.15) is 0 Å². The van der Waals surface area contributed by atoms with Gasteiger partial charge in [-0.25, -0.2) is 4.39 Å². The molecule has 1 aromatic rings. The molecule has 3 atom stereocenters. The Labute approximate surface area is 114 Å². The second kappa shape index (κ2) is 4.53. The second-order valence-electron chi connectivity index (χ2n) is 5.00. The first kappa shape index (κ1) is 12.0. The van der Waals surface area contributed by atoms with E-state index in [1.807, 2.05) is 6.07 Å². The SMILES string of the molecule is CC1CN=C(N[C@@H]2C[C@H]2c2ccc(Br)c(F)c2)N1. The van der Waals surface area contributed by atoms with Crippen molar-refractivity contribution in [3.8, 4) is 0 Å². The van der Waals surface area contributed by atoms with Crippen molar-refractivity contribution in [3.05, 3.63) is 34.1 Å². The van der Waals surface area contributed by atoms with Crippen molar-refractivity contribution in [2.45, 2.75) is 31.3 Å². The molecule has 96 valence electrons. The highest BCUT2D eigenvalue weighted by Gasteiger charge is 2.39. The fraction of sp³-hybridized carbons (Fsp3) is 0.462. The van der Waals surface area contributed by atoms with E-state index in [1.165, 1.54) is 0 Å². The first-order valence-electron chi connectivity index (χ1n) is 6.16. The third kappa shape index (κ3) is 2.36. The van der Waals surface area contributed by atoms with Crippen molar-refractivity contribution >= 4 is 21.9 Å². The predicted octanol–water partition coefficient (Wildman–Crippen LogP) is 2.38. The molecule has 0 saturated heterocycles. The summed E-state index contributed by atoms with van der Waals surface area (Å²) in [5, 5.41) is 6.65. The van der Waals surface area contributed by atoms with Crippen LogP contribution in [0.4, 0.5) is 4.39 Å². The zero-order chi connectivity index (χ0) is 12.7. The van der Waals surface area contributed by atoms with Crippen LogP contribution in [0.3, 0.4) is 0 Å². The monoisotopic (exact) mass is 311 g/mol. The summed E-state index contributed by atoms with van der Waals surface area (Å²) >= 11 is 3.17. The van der Waals surface area contributed by atoms with Crippen LogP contribution in [0, 0.1) is 5.82 Å². The summed E-state index contributed by atoms with van der Waals surface area (Å²) < 4.78 is 14.0. The van der Waals surface area contributed by atoms with Crippen LogP contribution in [0.25, 0.3) is 0 Å². The van der Waals surface area contributed by atoms with Crippen LogP contribution in [0.5, 0.6) is 0 Å². The molecule has 1 aliphatic heterocycles. The standard InChI is InChI=1S/C13H15BrFN3/c1-7-6-16-13(17-7)18-12-5-9(12)8-2-3-10(14)11(15)4-8/h2-4,7,9,12H,5-6H2,1H3,(H2,16,17,18)/t7?,9-,12+/m0/s1. The van der Waals surface area contributed by atoms with Gasteiger partial charge in [-0.3, -0.25) is 4.99 Å². The van der Waals surface area contributed by atoms with Gasteiger partial charge in [0.05, 0.1) is 11.0 Å². The Balaban J connectivity index is 1.62. The molecule has 18 heavy (non-hydrogen) atoms.